The molecule has 1 aliphatic heterocycles. The summed E-state index contributed by atoms with van der Waals surface area (Å²) >= 11 is 3.55. The summed E-state index contributed by atoms with van der Waals surface area (Å²) < 4.78 is 1.17. The Morgan fingerprint density at radius 1 is 1.47 bits per heavy atom. The Morgan fingerprint density at radius 2 is 2.26 bits per heavy atom. The molecule has 2 unspecified atom stereocenters. The van der Waals surface area contributed by atoms with Crippen molar-refractivity contribution >= 4 is 21.6 Å². The van der Waals surface area contributed by atoms with Gasteiger partial charge in [0.15, 0.2) is 0 Å². The van der Waals surface area contributed by atoms with Crippen LogP contribution < -0.4 is 5.32 Å². The van der Waals surface area contributed by atoms with Gasteiger partial charge in [0.1, 0.15) is 0 Å². The number of piperidine rings is 1. The average Bonchev–Trinajstić information content (AvgIpc) is 2.40. The molecular formula is C16H25BrN2. The first kappa shape index (κ1) is 14.9. The summed E-state index contributed by atoms with van der Waals surface area (Å²) in [6.07, 6.45) is 3.74. The van der Waals surface area contributed by atoms with Gasteiger partial charge in [-0.25, -0.2) is 0 Å². The second-order valence-electron chi connectivity index (χ2n) is 5.75. The maximum Gasteiger partial charge on any atom is 0.0375 e. The van der Waals surface area contributed by atoms with E-state index in [0.717, 1.165) is 12.3 Å². The monoisotopic (exact) mass is 324 g/mol. The second-order valence-corrected chi connectivity index (χ2v) is 6.67. The van der Waals surface area contributed by atoms with Gasteiger partial charge in [-0.3, -0.25) is 0 Å². The lowest BCUT2D eigenvalue weighted by molar-refractivity contribution is 0.197. The maximum absolute atomic E-state index is 3.73. The van der Waals surface area contributed by atoms with Crippen molar-refractivity contribution < 1.29 is 0 Å². The fraction of sp³-hybridized carbons (Fsp3) is 0.625. The minimum Gasteiger partial charge on any atom is -0.382 e. The predicted octanol–water partition coefficient (Wildman–Crippen LogP) is 4.15. The molecule has 0 bridgehead atoms. The Hall–Kier alpha value is -0.540. The number of benzene rings is 1. The number of hydrogen-bond donors (Lipinski definition) is 1. The summed E-state index contributed by atoms with van der Waals surface area (Å²) in [6, 6.07) is 7.09. The number of halogens is 1. The molecule has 1 N–H and O–H groups in total. The van der Waals surface area contributed by atoms with Gasteiger partial charge >= 0.3 is 0 Å². The molecule has 0 spiro atoms. The molecule has 0 radical (unpaired) electrons. The van der Waals surface area contributed by atoms with Crippen molar-refractivity contribution in [2.75, 3.05) is 25.5 Å². The Bertz CT molecular complexity index is 419. The molecule has 0 aromatic heterocycles. The molecule has 19 heavy (non-hydrogen) atoms. The van der Waals surface area contributed by atoms with Crippen LogP contribution in [0, 0.1) is 5.92 Å². The van der Waals surface area contributed by atoms with Crippen LogP contribution in [0.1, 0.15) is 32.3 Å². The highest BCUT2D eigenvalue weighted by molar-refractivity contribution is 9.10. The number of nitrogens with zero attached hydrogens (tertiary/aromatic N) is 1. The van der Waals surface area contributed by atoms with Crippen LogP contribution >= 0.6 is 15.9 Å². The number of likely N-dealkylation sites (tertiary alicyclic amines) is 1. The zero-order valence-electron chi connectivity index (χ0n) is 12.2. The normalized spacial score (nSPS) is 22.2. The quantitative estimate of drug-likeness (QED) is 0.894. The van der Waals surface area contributed by atoms with Crippen LogP contribution in [0.5, 0.6) is 0 Å². The van der Waals surface area contributed by atoms with Gasteiger partial charge in [-0.2, -0.15) is 0 Å². The summed E-state index contributed by atoms with van der Waals surface area (Å²) in [7, 11) is 2.23. The highest BCUT2D eigenvalue weighted by Gasteiger charge is 2.23. The Kier molecular flexibility index (Phi) is 5.28. The van der Waals surface area contributed by atoms with Gasteiger partial charge in [0, 0.05) is 22.7 Å². The van der Waals surface area contributed by atoms with Gasteiger partial charge < -0.3 is 10.2 Å². The van der Waals surface area contributed by atoms with Gasteiger partial charge in [0.25, 0.3) is 0 Å². The van der Waals surface area contributed by atoms with E-state index in [4.69, 9.17) is 0 Å². The first-order valence-electron chi connectivity index (χ1n) is 7.33. The Morgan fingerprint density at radius 3 is 2.95 bits per heavy atom. The molecule has 2 atom stereocenters. The highest BCUT2D eigenvalue weighted by atomic mass is 79.9. The largest absolute Gasteiger partial charge is 0.382 e. The first-order valence-corrected chi connectivity index (χ1v) is 8.13. The molecule has 0 amide bonds. The van der Waals surface area contributed by atoms with Crippen LogP contribution in [0.3, 0.4) is 0 Å². The molecule has 1 fully saturated rings. The predicted molar refractivity (Wildman–Crippen MR) is 86.8 cm³/mol. The minimum atomic E-state index is 0.536. The van der Waals surface area contributed by atoms with Crippen LogP contribution in [-0.2, 0) is 6.42 Å². The maximum atomic E-state index is 3.73. The summed E-state index contributed by atoms with van der Waals surface area (Å²) in [5.74, 6) is 0.757. The zero-order chi connectivity index (χ0) is 13.8. The summed E-state index contributed by atoms with van der Waals surface area (Å²) in [5.41, 5.74) is 2.69. The van der Waals surface area contributed by atoms with Crippen molar-refractivity contribution in [1.82, 2.24) is 4.90 Å². The molecule has 2 nitrogen and oxygen atoms in total. The number of anilines is 1. The average molecular weight is 325 g/mol. The fourth-order valence-corrected chi connectivity index (χ4v) is 3.38. The Labute approximate surface area is 125 Å². The van der Waals surface area contributed by atoms with E-state index in [1.165, 1.54) is 41.7 Å². The van der Waals surface area contributed by atoms with Gasteiger partial charge in [-0.1, -0.05) is 22.9 Å². The van der Waals surface area contributed by atoms with Crippen molar-refractivity contribution in [1.29, 1.82) is 0 Å². The molecule has 1 aromatic rings. The third kappa shape index (κ3) is 3.96. The lowest BCUT2D eigenvalue weighted by atomic mass is 9.91. The zero-order valence-corrected chi connectivity index (χ0v) is 13.8. The number of aryl methyl sites for hydroxylation is 1. The molecule has 2 rings (SSSR count). The van der Waals surface area contributed by atoms with E-state index >= 15 is 0 Å². The molecule has 0 saturated carbocycles. The molecule has 0 aliphatic carbocycles. The van der Waals surface area contributed by atoms with Gasteiger partial charge in [0.2, 0.25) is 0 Å². The van der Waals surface area contributed by atoms with E-state index in [9.17, 15) is 0 Å². The summed E-state index contributed by atoms with van der Waals surface area (Å²) in [5, 5.41) is 3.73. The first-order chi connectivity index (χ1) is 9.10. The molecule has 1 aliphatic rings. The van der Waals surface area contributed by atoms with Crippen molar-refractivity contribution in [3.8, 4) is 0 Å². The number of rotatable bonds is 4. The second kappa shape index (κ2) is 6.76. The molecule has 1 saturated heterocycles. The van der Waals surface area contributed by atoms with Crippen molar-refractivity contribution in [2.45, 2.75) is 39.2 Å². The lowest BCUT2D eigenvalue weighted by Crippen LogP contribution is -2.40. The molecule has 1 aromatic carbocycles. The number of hydrogen-bond acceptors (Lipinski definition) is 2. The molecule has 3 heteroatoms. The lowest BCUT2D eigenvalue weighted by Gasteiger charge is -2.34. The van der Waals surface area contributed by atoms with E-state index in [1.54, 1.807) is 0 Å². The molecular weight excluding hydrogens is 300 g/mol. The van der Waals surface area contributed by atoms with Crippen LogP contribution in [0.2, 0.25) is 0 Å². The number of nitrogens with one attached hydrogen (secondary N) is 1. The van der Waals surface area contributed by atoms with Crippen LogP contribution in [0.15, 0.2) is 22.7 Å². The van der Waals surface area contributed by atoms with Crippen LogP contribution in [0.4, 0.5) is 5.69 Å². The van der Waals surface area contributed by atoms with Crippen molar-refractivity contribution in [2.24, 2.45) is 5.92 Å². The molecule has 106 valence electrons. The Balaban J connectivity index is 2.03. The summed E-state index contributed by atoms with van der Waals surface area (Å²) in [6.45, 7) is 7.01. The van der Waals surface area contributed by atoms with E-state index in [-0.39, 0.29) is 0 Å². The standard InChI is InChI=1S/C16H25BrN2/c1-4-13-10-15(17)7-8-16(13)18-12(2)14-6-5-9-19(3)11-14/h7-8,10,12,14,18H,4-6,9,11H2,1-3H3. The highest BCUT2D eigenvalue weighted by Crippen LogP contribution is 2.26. The van der Waals surface area contributed by atoms with Gasteiger partial charge in [0.05, 0.1) is 0 Å². The van der Waals surface area contributed by atoms with E-state index in [1.807, 2.05) is 0 Å². The minimum absolute atomic E-state index is 0.536. The van der Waals surface area contributed by atoms with Gasteiger partial charge in [-0.15, -0.1) is 0 Å². The third-order valence-electron chi connectivity index (χ3n) is 4.20. The molecule has 1 heterocycles. The smallest absolute Gasteiger partial charge is 0.0375 e. The van der Waals surface area contributed by atoms with Crippen LogP contribution in [-0.4, -0.2) is 31.1 Å². The van der Waals surface area contributed by atoms with Crippen molar-refractivity contribution in [3.05, 3.63) is 28.2 Å². The summed E-state index contributed by atoms with van der Waals surface area (Å²) in [4.78, 5) is 2.45. The van der Waals surface area contributed by atoms with Crippen molar-refractivity contribution in [3.63, 3.8) is 0 Å². The van der Waals surface area contributed by atoms with E-state index in [2.05, 4.69) is 65.2 Å². The van der Waals surface area contributed by atoms with Crippen LogP contribution in [0.25, 0.3) is 0 Å². The fourth-order valence-electron chi connectivity index (χ4n) is 2.97. The topological polar surface area (TPSA) is 15.3 Å². The van der Waals surface area contributed by atoms with E-state index < -0.39 is 0 Å². The SMILES string of the molecule is CCc1cc(Br)ccc1NC(C)C1CCCN(C)C1. The van der Waals surface area contributed by atoms with Gasteiger partial charge in [-0.05, 0) is 69.5 Å². The van der Waals surface area contributed by atoms with E-state index in [0.29, 0.717) is 6.04 Å². The third-order valence-corrected chi connectivity index (χ3v) is 4.69.